The molecule has 1 aliphatic rings. The molecule has 1 aromatic carbocycles. The summed E-state index contributed by atoms with van der Waals surface area (Å²) in [5, 5.41) is 9.71. The van der Waals surface area contributed by atoms with E-state index in [0.29, 0.717) is 17.2 Å². The number of furan rings is 1. The van der Waals surface area contributed by atoms with Gasteiger partial charge in [-0.3, -0.25) is 4.79 Å². The first-order chi connectivity index (χ1) is 15.5. The molecule has 4 rings (SSSR count). The van der Waals surface area contributed by atoms with Crippen LogP contribution in [-0.2, 0) is 5.41 Å². The highest BCUT2D eigenvalue weighted by atomic mass is 19.4. The minimum absolute atomic E-state index is 0.0885. The molecular weight excluding hydrogens is 437 g/mol. The van der Waals surface area contributed by atoms with E-state index in [1.165, 1.54) is 19.4 Å². The summed E-state index contributed by atoms with van der Waals surface area (Å²) >= 11 is 0. The van der Waals surface area contributed by atoms with Gasteiger partial charge in [-0.15, -0.1) is 0 Å². The Bertz CT molecular complexity index is 1150. The number of carbonyl (C=O) groups is 1. The number of aromatic nitrogens is 2. The molecule has 7 nitrogen and oxygen atoms in total. The predicted molar refractivity (Wildman–Crippen MR) is 117 cm³/mol. The van der Waals surface area contributed by atoms with Crippen molar-refractivity contribution in [2.45, 2.75) is 50.9 Å². The number of rotatable bonds is 4. The fourth-order valence-corrected chi connectivity index (χ4v) is 3.82. The summed E-state index contributed by atoms with van der Waals surface area (Å²) in [6, 6.07) is 7.36. The second-order valence-electron chi connectivity index (χ2n) is 8.98. The lowest BCUT2D eigenvalue weighted by atomic mass is 9.87. The number of benzene rings is 1. The average molecular weight is 462 g/mol. The smallest absolute Gasteiger partial charge is 0.410 e. The second kappa shape index (κ2) is 8.17. The summed E-state index contributed by atoms with van der Waals surface area (Å²) in [4.78, 5) is 13.0. The van der Waals surface area contributed by atoms with Crippen LogP contribution in [0.4, 0.5) is 24.7 Å². The van der Waals surface area contributed by atoms with Crippen molar-refractivity contribution < 1.29 is 27.1 Å². The van der Waals surface area contributed by atoms with Gasteiger partial charge in [0, 0.05) is 12.5 Å². The molecule has 0 saturated heterocycles. The van der Waals surface area contributed by atoms with Crippen LogP contribution in [0.15, 0.2) is 47.1 Å². The quantitative estimate of drug-likeness (QED) is 0.520. The molecule has 1 aliphatic heterocycles. The van der Waals surface area contributed by atoms with E-state index in [0.717, 1.165) is 10.2 Å². The number of anilines is 2. The van der Waals surface area contributed by atoms with Crippen LogP contribution in [0.2, 0.25) is 0 Å². The van der Waals surface area contributed by atoms with Gasteiger partial charge in [0.1, 0.15) is 17.3 Å². The fraction of sp³-hybridized carbons (Fsp3) is 0.391. The molecule has 2 unspecified atom stereocenters. The molecule has 176 valence electrons. The van der Waals surface area contributed by atoms with E-state index in [-0.39, 0.29) is 23.3 Å². The van der Waals surface area contributed by atoms with Gasteiger partial charge in [0.2, 0.25) is 0 Å². The van der Waals surface area contributed by atoms with Crippen molar-refractivity contribution in [3.05, 3.63) is 59.7 Å². The summed E-state index contributed by atoms with van der Waals surface area (Å²) in [5.74, 6) is 0.264. The second-order valence-corrected chi connectivity index (χ2v) is 8.98. The molecular formula is C23H25F3N4O3. The molecule has 0 aliphatic carbocycles. The van der Waals surface area contributed by atoms with Gasteiger partial charge in [-0.05, 0) is 35.2 Å². The average Bonchev–Trinajstić information content (AvgIpc) is 3.41. The van der Waals surface area contributed by atoms with Crippen molar-refractivity contribution in [2.24, 2.45) is 0 Å². The number of hydrogen-bond donors (Lipinski definition) is 2. The summed E-state index contributed by atoms with van der Waals surface area (Å²) in [5.41, 5.74) is 1.05. The Morgan fingerprint density at radius 3 is 2.61 bits per heavy atom. The summed E-state index contributed by atoms with van der Waals surface area (Å²) in [6.07, 6.45) is -3.45. The number of nitrogens with one attached hydrogen (secondary N) is 2. The Morgan fingerprint density at radius 1 is 1.24 bits per heavy atom. The number of halogens is 3. The number of nitrogens with zero attached hydrogens (tertiary/aromatic N) is 2. The zero-order valence-electron chi connectivity index (χ0n) is 18.7. The van der Waals surface area contributed by atoms with Crippen LogP contribution in [0.25, 0.3) is 0 Å². The Morgan fingerprint density at radius 2 is 2.00 bits per heavy atom. The Labute approximate surface area is 188 Å². The van der Waals surface area contributed by atoms with E-state index >= 15 is 0 Å². The van der Waals surface area contributed by atoms with E-state index in [1.54, 1.807) is 24.3 Å². The van der Waals surface area contributed by atoms with E-state index in [1.807, 2.05) is 26.8 Å². The number of hydrogen-bond acceptors (Lipinski definition) is 5. The topological polar surface area (TPSA) is 81.3 Å². The van der Waals surface area contributed by atoms with E-state index < -0.39 is 24.2 Å². The Kier molecular flexibility index (Phi) is 5.63. The monoisotopic (exact) mass is 462 g/mol. The highest BCUT2D eigenvalue weighted by Crippen LogP contribution is 2.43. The number of methoxy groups -OCH3 is 1. The highest BCUT2D eigenvalue weighted by Gasteiger charge is 2.47. The first kappa shape index (κ1) is 22.8. The molecule has 0 fully saturated rings. The summed E-state index contributed by atoms with van der Waals surface area (Å²) in [7, 11) is 1.48. The van der Waals surface area contributed by atoms with E-state index in [2.05, 4.69) is 15.7 Å². The maximum atomic E-state index is 13.8. The van der Waals surface area contributed by atoms with Gasteiger partial charge < -0.3 is 19.8 Å². The van der Waals surface area contributed by atoms with Crippen LogP contribution >= 0.6 is 0 Å². The molecule has 33 heavy (non-hydrogen) atoms. The molecule has 2 atom stereocenters. The zero-order chi connectivity index (χ0) is 24.0. The van der Waals surface area contributed by atoms with Crippen molar-refractivity contribution >= 4 is 17.4 Å². The minimum atomic E-state index is -4.55. The summed E-state index contributed by atoms with van der Waals surface area (Å²) < 4.78 is 52.9. The third-order valence-corrected chi connectivity index (χ3v) is 5.62. The highest BCUT2D eigenvalue weighted by molar-refractivity contribution is 6.04. The van der Waals surface area contributed by atoms with Crippen molar-refractivity contribution in [3.8, 4) is 5.75 Å². The van der Waals surface area contributed by atoms with Crippen LogP contribution in [0.1, 0.15) is 61.1 Å². The lowest BCUT2D eigenvalue weighted by Crippen LogP contribution is -2.35. The molecule has 0 bridgehead atoms. The lowest BCUT2D eigenvalue weighted by molar-refractivity contribution is -0.174. The van der Waals surface area contributed by atoms with Crippen LogP contribution in [0, 0.1) is 0 Å². The van der Waals surface area contributed by atoms with Crippen molar-refractivity contribution in [2.75, 3.05) is 17.7 Å². The summed E-state index contributed by atoms with van der Waals surface area (Å²) in [6.45, 7) is 6.09. The van der Waals surface area contributed by atoms with Gasteiger partial charge in [0.25, 0.3) is 5.91 Å². The molecule has 1 amide bonds. The third kappa shape index (κ3) is 4.55. The molecule has 2 aromatic heterocycles. The normalized spacial score (nSPS) is 18.4. The zero-order valence-corrected chi connectivity index (χ0v) is 18.7. The number of alkyl halides is 3. The van der Waals surface area contributed by atoms with Gasteiger partial charge in [-0.25, -0.2) is 4.68 Å². The molecule has 0 spiro atoms. The van der Waals surface area contributed by atoms with Crippen molar-refractivity contribution in [3.63, 3.8) is 0 Å². The molecule has 10 heteroatoms. The Hall–Kier alpha value is -3.43. The van der Waals surface area contributed by atoms with E-state index in [9.17, 15) is 18.0 Å². The Balaban J connectivity index is 1.65. The molecule has 3 aromatic rings. The van der Waals surface area contributed by atoms with Crippen molar-refractivity contribution in [1.82, 2.24) is 9.78 Å². The van der Waals surface area contributed by atoms with Crippen LogP contribution in [0.3, 0.4) is 0 Å². The number of ether oxygens (including phenoxy) is 1. The van der Waals surface area contributed by atoms with Gasteiger partial charge >= 0.3 is 6.18 Å². The molecule has 0 radical (unpaired) electrons. The van der Waals surface area contributed by atoms with Crippen LogP contribution in [0.5, 0.6) is 5.75 Å². The molecule has 3 heterocycles. The predicted octanol–water partition coefficient (Wildman–Crippen LogP) is 5.69. The first-order valence-corrected chi connectivity index (χ1v) is 10.4. The maximum Gasteiger partial charge on any atom is 0.410 e. The van der Waals surface area contributed by atoms with Gasteiger partial charge in [0.05, 0.1) is 25.1 Å². The largest absolute Gasteiger partial charge is 0.495 e. The lowest BCUT2D eigenvalue weighted by Gasteiger charge is -2.32. The number of amides is 1. The van der Waals surface area contributed by atoms with Crippen LogP contribution in [-0.4, -0.2) is 29.0 Å². The maximum absolute atomic E-state index is 13.8. The van der Waals surface area contributed by atoms with Gasteiger partial charge in [-0.2, -0.15) is 18.3 Å². The molecule has 0 saturated carbocycles. The number of carbonyl (C=O) groups excluding carboxylic acids is 1. The number of fused-ring (bicyclic) bond motifs is 1. The minimum Gasteiger partial charge on any atom is -0.495 e. The van der Waals surface area contributed by atoms with Gasteiger partial charge in [0.15, 0.2) is 11.7 Å². The van der Waals surface area contributed by atoms with Crippen molar-refractivity contribution in [1.29, 1.82) is 0 Å². The standard InChI is InChI=1S/C23H25F3N4O3/c1-22(2,3)13-7-8-17(32-4)14(10-13)28-21(31)16-12-20-27-15(18-6-5-9-33-18)11-19(23(24,25)26)30(20)29-16/h5-10,12,15,19,27H,11H2,1-4H3,(H,28,31). The van der Waals surface area contributed by atoms with E-state index in [4.69, 9.17) is 9.15 Å². The fourth-order valence-electron chi connectivity index (χ4n) is 3.82. The van der Waals surface area contributed by atoms with Crippen LogP contribution < -0.4 is 15.4 Å². The SMILES string of the molecule is COc1ccc(C(C)(C)C)cc1NC(=O)c1cc2n(n1)C(C(F)(F)F)CC(c1ccco1)N2. The van der Waals surface area contributed by atoms with Gasteiger partial charge in [-0.1, -0.05) is 26.8 Å². The molecule has 2 N–H and O–H groups in total. The first-order valence-electron chi connectivity index (χ1n) is 10.4. The third-order valence-electron chi connectivity index (χ3n) is 5.62.